The lowest BCUT2D eigenvalue weighted by atomic mass is 9.96. The molecule has 1 unspecified atom stereocenters. The zero-order chi connectivity index (χ0) is 22.3. The summed E-state index contributed by atoms with van der Waals surface area (Å²) in [7, 11) is 1.68. The minimum absolute atomic E-state index is 0.0224. The Bertz CT molecular complexity index is 998. The van der Waals surface area contributed by atoms with Gasteiger partial charge < -0.3 is 10.6 Å². The second-order valence-electron chi connectivity index (χ2n) is 7.16. The molecule has 2 N–H and O–H groups in total. The number of aliphatic imine (C=N–C) groups is 1. The third kappa shape index (κ3) is 6.31. The van der Waals surface area contributed by atoms with E-state index < -0.39 is 11.7 Å². The van der Waals surface area contributed by atoms with Gasteiger partial charge >= 0.3 is 6.18 Å². The maximum Gasteiger partial charge on any atom is 0.416 e. The summed E-state index contributed by atoms with van der Waals surface area (Å²) in [5.41, 5.74) is 1.08. The molecule has 31 heavy (non-hydrogen) atoms. The molecule has 1 atom stereocenters. The number of hydrogen-bond acceptors (Lipinski definition) is 3. The van der Waals surface area contributed by atoms with Crippen LogP contribution in [0.2, 0.25) is 0 Å². The lowest BCUT2D eigenvalue weighted by Crippen LogP contribution is -2.37. The zero-order valence-electron chi connectivity index (χ0n) is 17.4. The molecular formula is C22H25F3N6. The largest absolute Gasteiger partial charge is 0.416 e. The summed E-state index contributed by atoms with van der Waals surface area (Å²) in [5.74, 6) is 1.37. The van der Waals surface area contributed by atoms with Crippen molar-refractivity contribution in [2.75, 3.05) is 13.6 Å². The lowest BCUT2D eigenvalue weighted by molar-refractivity contribution is -0.137. The Hall–Kier alpha value is -3.36. The summed E-state index contributed by atoms with van der Waals surface area (Å²) in [6, 6.07) is 9.37. The molecule has 0 bridgehead atoms. The standard InChI is InChI=1S/C22H25F3N6/c1-16(18-4-3-5-19(13-18)22(23,24)25)6-8-29-21(26-2)30-14-17-7-9-28-20(12-17)31-11-10-27-15-31/h3-5,7,9-13,15-16H,6,8,14H2,1-2H3,(H2,26,29,30). The smallest absolute Gasteiger partial charge is 0.356 e. The summed E-state index contributed by atoms with van der Waals surface area (Å²) < 4.78 is 40.6. The number of aromatic nitrogens is 3. The Kier molecular flexibility index (Phi) is 7.28. The monoisotopic (exact) mass is 430 g/mol. The minimum Gasteiger partial charge on any atom is -0.356 e. The molecule has 3 aromatic rings. The summed E-state index contributed by atoms with van der Waals surface area (Å²) >= 11 is 0. The van der Waals surface area contributed by atoms with Crippen molar-refractivity contribution in [3.05, 3.63) is 78.0 Å². The van der Waals surface area contributed by atoms with Crippen molar-refractivity contribution in [1.82, 2.24) is 25.2 Å². The number of pyridine rings is 1. The van der Waals surface area contributed by atoms with Crippen molar-refractivity contribution < 1.29 is 13.2 Å². The van der Waals surface area contributed by atoms with Gasteiger partial charge in [-0.05, 0) is 41.7 Å². The van der Waals surface area contributed by atoms with E-state index in [1.807, 2.05) is 29.8 Å². The highest BCUT2D eigenvalue weighted by Gasteiger charge is 2.30. The first kappa shape index (κ1) is 22.3. The summed E-state index contributed by atoms with van der Waals surface area (Å²) in [6.07, 6.45) is 3.28. The highest BCUT2D eigenvalue weighted by atomic mass is 19.4. The van der Waals surface area contributed by atoms with Gasteiger partial charge in [-0.25, -0.2) is 9.97 Å². The fraction of sp³-hybridized carbons (Fsp3) is 0.318. The van der Waals surface area contributed by atoms with Gasteiger partial charge in [0, 0.05) is 38.7 Å². The Balaban J connectivity index is 1.50. The van der Waals surface area contributed by atoms with E-state index in [1.165, 1.54) is 12.1 Å². The van der Waals surface area contributed by atoms with Crippen LogP contribution in [0.4, 0.5) is 13.2 Å². The minimum atomic E-state index is -4.33. The molecule has 6 nitrogen and oxygen atoms in total. The van der Waals surface area contributed by atoms with Crippen LogP contribution in [0.3, 0.4) is 0 Å². The molecule has 3 rings (SSSR count). The van der Waals surface area contributed by atoms with Crippen LogP contribution in [-0.4, -0.2) is 34.1 Å². The molecule has 0 amide bonds. The third-order valence-corrected chi connectivity index (χ3v) is 4.92. The van der Waals surface area contributed by atoms with Crippen LogP contribution < -0.4 is 10.6 Å². The van der Waals surface area contributed by atoms with Gasteiger partial charge in [-0.2, -0.15) is 13.2 Å². The maximum absolute atomic E-state index is 12.9. The molecule has 0 spiro atoms. The van der Waals surface area contributed by atoms with Crippen LogP contribution in [0.1, 0.15) is 36.0 Å². The number of halogens is 3. The van der Waals surface area contributed by atoms with Crippen LogP contribution in [0, 0.1) is 0 Å². The van der Waals surface area contributed by atoms with Crippen LogP contribution >= 0.6 is 0 Å². The van der Waals surface area contributed by atoms with Gasteiger partial charge in [0.2, 0.25) is 0 Å². The first-order valence-corrected chi connectivity index (χ1v) is 9.91. The summed E-state index contributed by atoms with van der Waals surface area (Å²) in [6.45, 7) is 3.04. The van der Waals surface area contributed by atoms with E-state index in [1.54, 1.807) is 31.8 Å². The van der Waals surface area contributed by atoms with E-state index in [0.717, 1.165) is 17.4 Å². The molecule has 1 aromatic carbocycles. The van der Waals surface area contributed by atoms with Crippen LogP contribution in [0.25, 0.3) is 5.82 Å². The second kappa shape index (κ2) is 10.1. The number of guanidine groups is 1. The Labute approximate surface area is 179 Å². The number of imidazole rings is 1. The molecule has 9 heteroatoms. The summed E-state index contributed by atoms with van der Waals surface area (Å²) in [5, 5.41) is 6.45. The topological polar surface area (TPSA) is 67.1 Å². The fourth-order valence-electron chi connectivity index (χ4n) is 3.11. The highest BCUT2D eigenvalue weighted by molar-refractivity contribution is 5.79. The van der Waals surface area contributed by atoms with Gasteiger partial charge in [-0.3, -0.25) is 9.56 Å². The highest BCUT2D eigenvalue weighted by Crippen LogP contribution is 2.31. The molecular weight excluding hydrogens is 405 g/mol. The van der Waals surface area contributed by atoms with Crippen LogP contribution in [0.5, 0.6) is 0 Å². The van der Waals surface area contributed by atoms with E-state index in [-0.39, 0.29) is 5.92 Å². The van der Waals surface area contributed by atoms with Crippen LogP contribution in [-0.2, 0) is 12.7 Å². The SMILES string of the molecule is CN=C(NCCC(C)c1cccc(C(F)(F)F)c1)NCc1ccnc(-n2ccnc2)c1. The zero-order valence-corrected chi connectivity index (χ0v) is 17.4. The molecule has 2 aromatic heterocycles. The summed E-state index contributed by atoms with van der Waals surface area (Å²) in [4.78, 5) is 12.6. The fourth-order valence-corrected chi connectivity index (χ4v) is 3.11. The Morgan fingerprint density at radius 3 is 2.71 bits per heavy atom. The van der Waals surface area contributed by atoms with E-state index in [2.05, 4.69) is 25.6 Å². The van der Waals surface area contributed by atoms with Crippen LogP contribution in [0.15, 0.2) is 66.3 Å². The van der Waals surface area contributed by atoms with Crippen molar-refractivity contribution in [1.29, 1.82) is 0 Å². The van der Waals surface area contributed by atoms with E-state index in [0.29, 0.717) is 31.0 Å². The number of alkyl halides is 3. The number of benzene rings is 1. The molecule has 0 saturated heterocycles. The van der Waals surface area contributed by atoms with Gasteiger partial charge in [0.15, 0.2) is 5.96 Å². The molecule has 0 fully saturated rings. The van der Waals surface area contributed by atoms with Gasteiger partial charge in [-0.1, -0.05) is 25.1 Å². The number of nitrogens with zero attached hydrogens (tertiary/aromatic N) is 4. The van der Waals surface area contributed by atoms with Gasteiger partial charge in [0.05, 0.1) is 5.56 Å². The molecule has 164 valence electrons. The average Bonchev–Trinajstić information content (AvgIpc) is 3.31. The van der Waals surface area contributed by atoms with Gasteiger partial charge in [0.25, 0.3) is 0 Å². The Morgan fingerprint density at radius 2 is 2.00 bits per heavy atom. The predicted molar refractivity (Wildman–Crippen MR) is 114 cm³/mol. The van der Waals surface area contributed by atoms with Crippen molar-refractivity contribution >= 4 is 5.96 Å². The molecule has 0 aliphatic rings. The number of hydrogen-bond donors (Lipinski definition) is 2. The van der Waals surface area contributed by atoms with E-state index >= 15 is 0 Å². The molecule has 2 heterocycles. The predicted octanol–water partition coefficient (Wildman–Crippen LogP) is 4.14. The number of rotatable bonds is 7. The normalized spacial score (nSPS) is 13.1. The molecule has 0 aliphatic carbocycles. The molecule has 0 aliphatic heterocycles. The first-order valence-electron chi connectivity index (χ1n) is 9.91. The Morgan fingerprint density at radius 1 is 1.16 bits per heavy atom. The average molecular weight is 430 g/mol. The second-order valence-corrected chi connectivity index (χ2v) is 7.16. The molecule has 0 saturated carbocycles. The van der Waals surface area contributed by atoms with Crippen molar-refractivity contribution in [2.24, 2.45) is 4.99 Å². The molecule has 0 radical (unpaired) electrons. The quantitative estimate of drug-likeness (QED) is 0.437. The van der Waals surface area contributed by atoms with Crippen molar-refractivity contribution in [3.8, 4) is 5.82 Å². The van der Waals surface area contributed by atoms with Gasteiger partial charge in [-0.15, -0.1) is 0 Å². The lowest BCUT2D eigenvalue weighted by Gasteiger charge is -2.16. The number of nitrogens with one attached hydrogen (secondary N) is 2. The van der Waals surface area contributed by atoms with E-state index in [4.69, 9.17) is 0 Å². The third-order valence-electron chi connectivity index (χ3n) is 4.92. The maximum atomic E-state index is 12.9. The first-order chi connectivity index (χ1) is 14.9. The van der Waals surface area contributed by atoms with Crippen molar-refractivity contribution in [2.45, 2.75) is 32.0 Å². The van der Waals surface area contributed by atoms with Gasteiger partial charge in [0.1, 0.15) is 12.1 Å². The van der Waals surface area contributed by atoms with Crippen molar-refractivity contribution in [3.63, 3.8) is 0 Å². The van der Waals surface area contributed by atoms with E-state index in [9.17, 15) is 13.2 Å².